The van der Waals surface area contributed by atoms with Gasteiger partial charge in [0.15, 0.2) is 0 Å². The van der Waals surface area contributed by atoms with Crippen LogP contribution in [0.3, 0.4) is 0 Å². The lowest BCUT2D eigenvalue weighted by Gasteiger charge is -2.51. The Kier molecular flexibility index (Phi) is 3.66. The van der Waals surface area contributed by atoms with Crippen LogP contribution in [0.1, 0.15) is 85.0 Å². The molecule has 0 saturated heterocycles. The fraction of sp³-hybridized carbons (Fsp3) is 0.810. The van der Waals surface area contributed by atoms with Gasteiger partial charge in [-0.2, -0.15) is 0 Å². The summed E-state index contributed by atoms with van der Waals surface area (Å²) in [5.74, 6) is 2.70. The predicted molar refractivity (Wildman–Crippen MR) is 93.6 cm³/mol. The van der Waals surface area contributed by atoms with E-state index < -0.39 is 0 Å². The lowest BCUT2D eigenvalue weighted by Crippen LogP contribution is -2.53. The Labute approximate surface area is 136 Å². The summed E-state index contributed by atoms with van der Waals surface area (Å²) in [7, 11) is 0. The summed E-state index contributed by atoms with van der Waals surface area (Å²) in [5, 5.41) is 4.15. The monoisotopic (exact) mass is 299 g/mol. The molecule has 0 aromatic heterocycles. The molecule has 0 aromatic carbocycles. The van der Waals surface area contributed by atoms with Crippen LogP contribution in [0.2, 0.25) is 0 Å². The molecule has 4 rings (SSSR count). The topological polar surface area (TPSA) is 12.0 Å². The molecule has 22 heavy (non-hydrogen) atoms. The van der Waals surface area contributed by atoms with Gasteiger partial charge < -0.3 is 5.32 Å². The molecule has 0 bridgehead atoms. The second-order valence-electron chi connectivity index (χ2n) is 9.00. The van der Waals surface area contributed by atoms with Crippen LogP contribution in [0.15, 0.2) is 22.4 Å². The maximum atomic E-state index is 4.15. The molecule has 4 aliphatic rings. The Morgan fingerprint density at radius 1 is 0.773 bits per heavy atom. The molecule has 1 heterocycles. The van der Waals surface area contributed by atoms with Gasteiger partial charge in [-0.15, -0.1) is 0 Å². The second kappa shape index (κ2) is 5.42. The lowest BCUT2D eigenvalue weighted by atomic mass is 9.63. The van der Waals surface area contributed by atoms with E-state index in [2.05, 4.69) is 26.1 Å². The highest BCUT2D eigenvalue weighted by Gasteiger charge is 2.44. The van der Waals surface area contributed by atoms with E-state index in [9.17, 15) is 0 Å². The SMILES string of the molecule is CC1CCC2(CC1)NC1=C(C[C@@H](C)CC1)C1=C2C[C@H](C)CC1. The van der Waals surface area contributed by atoms with Crippen molar-refractivity contribution in [2.75, 3.05) is 0 Å². The van der Waals surface area contributed by atoms with Gasteiger partial charge in [0.2, 0.25) is 0 Å². The summed E-state index contributed by atoms with van der Waals surface area (Å²) in [6.07, 6.45) is 13.8. The summed E-state index contributed by atoms with van der Waals surface area (Å²) in [6.45, 7) is 7.36. The average molecular weight is 300 g/mol. The number of rotatable bonds is 0. The summed E-state index contributed by atoms with van der Waals surface area (Å²) in [4.78, 5) is 0. The standard InChI is InChI=1S/C21H33N/c1-14-8-10-21(11-9-14)19-13-16(3)4-6-17(19)18-12-15(2)5-7-20(18)22-21/h14-16,22H,4-13H2,1-3H3/t14?,15-,16+,21?/m0/s1. The van der Waals surface area contributed by atoms with Gasteiger partial charge in [0.1, 0.15) is 0 Å². The highest BCUT2D eigenvalue weighted by molar-refractivity contribution is 5.49. The third-order valence-corrected chi connectivity index (χ3v) is 7.07. The molecule has 122 valence electrons. The highest BCUT2D eigenvalue weighted by atomic mass is 15.0. The van der Waals surface area contributed by atoms with Gasteiger partial charge in [0.05, 0.1) is 5.54 Å². The van der Waals surface area contributed by atoms with Crippen molar-refractivity contribution < 1.29 is 0 Å². The van der Waals surface area contributed by atoms with Crippen molar-refractivity contribution in [3.8, 4) is 0 Å². The number of hydrogen-bond donors (Lipinski definition) is 1. The van der Waals surface area contributed by atoms with Crippen LogP contribution >= 0.6 is 0 Å². The zero-order chi connectivity index (χ0) is 15.3. The van der Waals surface area contributed by atoms with Crippen molar-refractivity contribution in [2.45, 2.75) is 90.5 Å². The van der Waals surface area contributed by atoms with E-state index in [-0.39, 0.29) is 0 Å². The van der Waals surface area contributed by atoms with Crippen LogP contribution in [0.5, 0.6) is 0 Å². The molecule has 3 aliphatic carbocycles. The molecular weight excluding hydrogens is 266 g/mol. The Hall–Kier alpha value is -0.720. The first-order valence-electron chi connectivity index (χ1n) is 9.80. The van der Waals surface area contributed by atoms with E-state index in [0.29, 0.717) is 5.54 Å². The number of hydrogen-bond acceptors (Lipinski definition) is 1. The minimum Gasteiger partial charge on any atom is -0.379 e. The predicted octanol–water partition coefficient (Wildman–Crippen LogP) is 5.73. The third kappa shape index (κ3) is 2.36. The second-order valence-corrected chi connectivity index (χ2v) is 9.00. The molecule has 1 fully saturated rings. The summed E-state index contributed by atoms with van der Waals surface area (Å²) >= 11 is 0. The van der Waals surface area contributed by atoms with Crippen molar-refractivity contribution in [1.82, 2.24) is 5.32 Å². The molecule has 1 nitrogen and oxygen atoms in total. The molecule has 0 unspecified atom stereocenters. The molecule has 0 amide bonds. The molecule has 1 aliphatic heterocycles. The number of allylic oxidation sites excluding steroid dienone is 3. The van der Waals surface area contributed by atoms with Crippen LogP contribution in [0.4, 0.5) is 0 Å². The van der Waals surface area contributed by atoms with E-state index in [1.54, 1.807) is 11.3 Å². The summed E-state index contributed by atoms with van der Waals surface area (Å²) in [5.41, 5.74) is 7.44. The minimum atomic E-state index is 0.357. The van der Waals surface area contributed by atoms with Gasteiger partial charge in [-0.3, -0.25) is 0 Å². The number of dihydropyridines is 1. The van der Waals surface area contributed by atoms with Crippen LogP contribution < -0.4 is 5.32 Å². The Bertz CT molecular complexity index is 516. The average Bonchev–Trinajstić information content (AvgIpc) is 2.51. The van der Waals surface area contributed by atoms with E-state index in [1.165, 1.54) is 64.2 Å². The molecule has 1 N–H and O–H groups in total. The molecule has 1 saturated carbocycles. The van der Waals surface area contributed by atoms with Gasteiger partial charge in [0.25, 0.3) is 0 Å². The first-order valence-corrected chi connectivity index (χ1v) is 9.80. The van der Waals surface area contributed by atoms with Crippen molar-refractivity contribution in [2.24, 2.45) is 17.8 Å². The van der Waals surface area contributed by atoms with E-state index in [1.807, 2.05) is 11.1 Å². The zero-order valence-electron chi connectivity index (χ0n) is 14.8. The van der Waals surface area contributed by atoms with Gasteiger partial charge in [-0.1, -0.05) is 20.8 Å². The molecule has 0 aromatic rings. The Morgan fingerprint density at radius 3 is 2.23 bits per heavy atom. The first kappa shape index (κ1) is 14.8. The lowest BCUT2D eigenvalue weighted by molar-refractivity contribution is 0.218. The normalized spacial score (nSPS) is 42.0. The van der Waals surface area contributed by atoms with Crippen molar-refractivity contribution >= 4 is 0 Å². The van der Waals surface area contributed by atoms with Crippen LogP contribution in [-0.4, -0.2) is 5.54 Å². The summed E-state index contributed by atoms with van der Waals surface area (Å²) in [6, 6.07) is 0. The maximum Gasteiger partial charge on any atom is 0.0588 e. The van der Waals surface area contributed by atoms with E-state index in [4.69, 9.17) is 0 Å². The van der Waals surface area contributed by atoms with E-state index in [0.717, 1.165) is 17.8 Å². The van der Waals surface area contributed by atoms with Crippen molar-refractivity contribution in [1.29, 1.82) is 0 Å². The fourth-order valence-electron chi connectivity index (χ4n) is 5.54. The highest BCUT2D eigenvalue weighted by Crippen LogP contribution is 2.51. The minimum absolute atomic E-state index is 0.357. The largest absolute Gasteiger partial charge is 0.379 e. The zero-order valence-corrected chi connectivity index (χ0v) is 14.8. The van der Waals surface area contributed by atoms with Crippen LogP contribution in [-0.2, 0) is 0 Å². The molecule has 1 heteroatoms. The van der Waals surface area contributed by atoms with Crippen molar-refractivity contribution in [3.63, 3.8) is 0 Å². The number of nitrogens with one attached hydrogen (secondary N) is 1. The van der Waals surface area contributed by atoms with Gasteiger partial charge in [-0.25, -0.2) is 0 Å². The van der Waals surface area contributed by atoms with Gasteiger partial charge >= 0.3 is 0 Å². The molecular formula is C21H33N. The number of fused-ring (bicyclic) bond motifs is 2. The van der Waals surface area contributed by atoms with Gasteiger partial charge in [-0.05, 0) is 98.7 Å². The molecule has 0 radical (unpaired) electrons. The first-order chi connectivity index (χ1) is 10.6. The van der Waals surface area contributed by atoms with E-state index >= 15 is 0 Å². The third-order valence-electron chi connectivity index (χ3n) is 7.07. The Morgan fingerprint density at radius 2 is 1.45 bits per heavy atom. The quantitative estimate of drug-likeness (QED) is 0.602. The fourth-order valence-corrected chi connectivity index (χ4v) is 5.54. The molecule has 1 spiro atoms. The van der Waals surface area contributed by atoms with Crippen molar-refractivity contribution in [3.05, 3.63) is 22.4 Å². The van der Waals surface area contributed by atoms with Crippen LogP contribution in [0.25, 0.3) is 0 Å². The van der Waals surface area contributed by atoms with Gasteiger partial charge in [0, 0.05) is 5.70 Å². The maximum absolute atomic E-state index is 4.15. The Balaban J connectivity index is 1.75. The molecule has 2 atom stereocenters. The summed E-state index contributed by atoms with van der Waals surface area (Å²) < 4.78 is 0. The van der Waals surface area contributed by atoms with Crippen LogP contribution in [0, 0.1) is 17.8 Å². The smallest absolute Gasteiger partial charge is 0.0588 e.